The zero-order valence-corrected chi connectivity index (χ0v) is 7.74. The van der Waals surface area contributed by atoms with Gasteiger partial charge >= 0.3 is 5.97 Å². The van der Waals surface area contributed by atoms with Gasteiger partial charge in [-0.05, 0) is 6.92 Å². The van der Waals surface area contributed by atoms with E-state index in [1.54, 1.807) is 0 Å². The SMILES string of the molecule is CC(C(=O)O)C(=O)NC1CNC(=O)C1. The molecule has 0 radical (unpaired) electrons. The van der Waals surface area contributed by atoms with E-state index >= 15 is 0 Å². The van der Waals surface area contributed by atoms with Crippen LogP contribution in [0.15, 0.2) is 0 Å². The van der Waals surface area contributed by atoms with Crippen LogP contribution in [0.25, 0.3) is 0 Å². The van der Waals surface area contributed by atoms with Crippen LogP contribution >= 0.6 is 0 Å². The number of carbonyl (C=O) groups is 3. The van der Waals surface area contributed by atoms with Gasteiger partial charge in [-0.15, -0.1) is 0 Å². The number of hydrogen-bond acceptors (Lipinski definition) is 3. The van der Waals surface area contributed by atoms with Gasteiger partial charge < -0.3 is 15.7 Å². The van der Waals surface area contributed by atoms with E-state index in [-0.39, 0.29) is 18.4 Å². The highest BCUT2D eigenvalue weighted by Crippen LogP contribution is 2.02. The summed E-state index contributed by atoms with van der Waals surface area (Å²) in [4.78, 5) is 32.4. The summed E-state index contributed by atoms with van der Waals surface area (Å²) in [6.07, 6.45) is 0.220. The van der Waals surface area contributed by atoms with Crippen LogP contribution in [0.1, 0.15) is 13.3 Å². The first-order chi connectivity index (χ1) is 6.50. The Morgan fingerprint density at radius 3 is 2.71 bits per heavy atom. The fourth-order valence-corrected chi connectivity index (χ4v) is 1.15. The van der Waals surface area contributed by atoms with Gasteiger partial charge in [0.2, 0.25) is 11.8 Å². The van der Waals surface area contributed by atoms with Gasteiger partial charge in [-0.1, -0.05) is 0 Å². The van der Waals surface area contributed by atoms with Gasteiger partial charge in [0.25, 0.3) is 0 Å². The molecule has 14 heavy (non-hydrogen) atoms. The molecule has 78 valence electrons. The lowest BCUT2D eigenvalue weighted by Gasteiger charge is -2.12. The molecule has 0 aliphatic carbocycles. The highest BCUT2D eigenvalue weighted by molar-refractivity contribution is 5.97. The van der Waals surface area contributed by atoms with Gasteiger partial charge in [-0.3, -0.25) is 14.4 Å². The lowest BCUT2D eigenvalue weighted by Crippen LogP contribution is -2.41. The molecule has 1 aliphatic heterocycles. The molecule has 0 aromatic rings. The Balaban J connectivity index is 2.41. The summed E-state index contributed by atoms with van der Waals surface area (Å²) in [5.41, 5.74) is 0. The molecule has 0 bridgehead atoms. The van der Waals surface area contributed by atoms with Crippen molar-refractivity contribution in [3.8, 4) is 0 Å². The molecular formula is C8H12N2O4. The molecule has 0 aromatic carbocycles. The van der Waals surface area contributed by atoms with Crippen molar-refractivity contribution in [2.75, 3.05) is 6.54 Å². The molecule has 2 atom stereocenters. The predicted octanol–water partition coefficient (Wildman–Crippen LogP) is -1.29. The van der Waals surface area contributed by atoms with Gasteiger partial charge in [0.1, 0.15) is 5.92 Å². The molecule has 3 N–H and O–H groups in total. The first kappa shape index (κ1) is 10.5. The average molecular weight is 200 g/mol. The number of rotatable bonds is 3. The van der Waals surface area contributed by atoms with Crippen LogP contribution in [0.3, 0.4) is 0 Å². The number of carbonyl (C=O) groups excluding carboxylic acids is 2. The van der Waals surface area contributed by atoms with Crippen molar-refractivity contribution in [3.05, 3.63) is 0 Å². The van der Waals surface area contributed by atoms with Crippen LogP contribution in [0.2, 0.25) is 0 Å². The number of carboxylic acid groups (broad SMARTS) is 1. The Labute approximate surface area is 80.7 Å². The van der Waals surface area contributed by atoms with E-state index in [4.69, 9.17) is 5.11 Å². The number of aliphatic carboxylic acids is 1. The fourth-order valence-electron chi connectivity index (χ4n) is 1.15. The van der Waals surface area contributed by atoms with Crippen LogP contribution < -0.4 is 10.6 Å². The van der Waals surface area contributed by atoms with Crippen molar-refractivity contribution in [1.29, 1.82) is 0 Å². The molecule has 1 heterocycles. The summed E-state index contributed by atoms with van der Waals surface area (Å²) < 4.78 is 0. The number of amides is 2. The molecule has 2 amide bonds. The topological polar surface area (TPSA) is 95.5 Å². The third kappa shape index (κ3) is 2.45. The second kappa shape index (κ2) is 4.08. The third-order valence-electron chi connectivity index (χ3n) is 2.09. The van der Waals surface area contributed by atoms with Gasteiger partial charge in [0, 0.05) is 13.0 Å². The van der Waals surface area contributed by atoms with Gasteiger partial charge in [-0.2, -0.15) is 0 Å². The van der Waals surface area contributed by atoms with Gasteiger partial charge in [0.05, 0.1) is 6.04 Å². The van der Waals surface area contributed by atoms with Crippen molar-refractivity contribution in [2.45, 2.75) is 19.4 Å². The molecule has 2 unspecified atom stereocenters. The van der Waals surface area contributed by atoms with E-state index in [1.807, 2.05) is 0 Å². The zero-order valence-electron chi connectivity index (χ0n) is 7.74. The van der Waals surface area contributed by atoms with Crippen molar-refractivity contribution < 1.29 is 19.5 Å². The normalized spacial score (nSPS) is 22.6. The van der Waals surface area contributed by atoms with E-state index in [9.17, 15) is 14.4 Å². The number of nitrogens with one attached hydrogen (secondary N) is 2. The Bertz CT molecular complexity index is 277. The molecule has 0 spiro atoms. The second-order valence-electron chi connectivity index (χ2n) is 3.27. The summed E-state index contributed by atoms with van der Waals surface area (Å²) in [6.45, 7) is 1.68. The van der Waals surface area contributed by atoms with E-state index in [2.05, 4.69) is 10.6 Å². The third-order valence-corrected chi connectivity index (χ3v) is 2.09. The van der Waals surface area contributed by atoms with Gasteiger partial charge in [0.15, 0.2) is 0 Å². The molecule has 6 nitrogen and oxygen atoms in total. The summed E-state index contributed by atoms with van der Waals surface area (Å²) in [6, 6.07) is -0.281. The fraction of sp³-hybridized carbons (Fsp3) is 0.625. The predicted molar refractivity (Wildman–Crippen MR) is 46.4 cm³/mol. The maximum Gasteiger partial charge on any atom is 0.315 e. The van der Waals surface area contributed by atoms with Crippen molar-refractivity contribution in [2.24, 2.45) is 5.92 Å². The van der Waals surface area contributed by atoms with Crippen molar-refractivity contribution >= 4 is 17.8 Å². The Morgan fingerprint density at radius 1 is 1.64 bits per heavy atom. The van der Waals surface area contributed by atoms with Crippen LogP contribution in [-0.2, 0) is 14.4 Å². The van der Waals surface area contributed by atoms with E-state index in [1.165, 1.54) is 6.92 Å². The van der Waals surface area contributed by atoms with Crippen LogP contribution in [0.4, 0.5) is 0 Å². The largest absolute Gasteiger partial charge is 0.481 e. The summed E-state index contributed by atoms with van der Waals surface area (Å²) in [5.74, 6) is -2.93. The van der Waals surface area contributed by atoms with Crippen molar-refractivity contribution in [3.63, 3.8) is 0 Å². The molecule has 1 fully saturated rings. The van der Waals surface area contributed by atoms with Crippen LogP contribution in [0, 0.1) is 5.92 Å². The smallest absolute Gasteiger partial charge is 0.315 e. The van der Waals surface area contributed by atoms with Gasteiger partial charge in [-0.25, -0.2) is 0 Å². The molecule has 1 aliphatic rings. The Hall–Kier alpha value is -1.59. The maximum atomic E-state index is 11.2. The van der Waals surface area contributed by atoms with Crippen LogP contribution in [0.5, 0.6) is 0 Å². The Morgan fingerprint density at radius 2 is 2.29 bits per heavy atom. The minimum Gasteiger partial charge on any atom is -0.481 e. The first-order valence-corrected chi connectivity index (χ1v) is 4.30. The zero-order chi connectivity index (χ0) is 10.7. The summed E-state index contributed by atoms with van der Waals surface area (Å²) in [5, 5.41) is 13.6. The van der Waals surface area contributed by atoms with E-state index < -0.39 is 17.8 Å². The minimum atomic E-state index is -1.17. The monoisotopic (exact) mass is 200 g/mol. The maximum absolute atomic E-state index is 11.2. The lowest BCUT2D eigenvalue weighted by atomic mass is 10.1. The molecule has 0 saturated carbocycles. The molecule has 6 heteroatoms. The second-order valence-corrected chi connectivity index (χ2v) is 3.27. The lowest BCUT2D eigenvalue weighted by molar-refractivity contribution is -0.146. The summed E-state index contributed by atoms with van der Waals surface area (Å²) >= 11 is 0. The molecule has 1 rings (SSSR count). The average Bonchev–Trinajstić information content (AvgIpc) is 2.49. The standard InChI is InChI=1S/C8H12N2O4/c1-4(8(13)14)7(12)10-5-2-6(11)9-3-5/h4-5H,2-3H2,1H3,(H,9,11)(H,10,12)(H,13,14). The van der Waals surface area contributed by atoms with Crippen molar-refractivity contribution in [1.82, 2.24) is 10.6 Å². The number of hydrogen-bond donors (Lipinski definition) is 3. The highest BCUT2D eigenvalue weighted by atomic mass is 16.4. The highest BCUT2D eigenvalue weighted by Gasteiger charge is 2.27. The summed E-state index contributed by atoms with van der Waals surface area (Å²) in [7, 11) is 0. The first-order valence-electron chi connectivity index (χ1n) is 4.30. The minimum absolute atomic E-state index is 0.127. The van der Waals surface area contributed by atoms with E-state index in [0.717, 1.165) is 0 Å². The molecule has 0 aromatic heterocycles. The Kier molecular flexibility index (Phi) is 3.06. The molecular weight excluding hydrogens is 188 g/mol. The quantitative estimate of drug-likeness (QED) is 0.494. The van der Waals surface area contributed by atoms with Crippen LogP contribution in [-0.4, -0.2) is 35.5 Å². The molecule has 1 saturated heterocycles. The van der Waals surface area contributed by atoms with E-state index in [0.29, 0.717) is 6.54 Å². The number of carboxylic acids is 1.